The number of hydrogen-bond donors (Lipinski definition) is 3. The van der Waals surface area contributed by atoms with E-state index in [0.717, 1.165) is 16.5 Å². The molecule has 0 radical (unpaired) electrons. The Labute approximate surface area is 166 Å². The predicted octanol–water partition coefficient (Wildman–Crippen LogP) is 4.31. The number of amides is 2. The average Bonchev–Trinajstić information content (AvgIpc) is 2.99. The molecule has 0 aliphatic carbocycles. The Balaban J connectivity index is 1.52. The third-order valence-corrected chi connectivity index (χ3v) is 4.62. The second-order valence-electron chi connectivity index (χ2n) is 6.69. The summed E-state index contributed by atoms with van der Waals surface area (Å²) in [6, 6.07) is 13.2. The smallest absolute Gasteiger partial charge is 0.323 e. The van der Waals surface area contributed by atoms with Gasteiger partial charge in [-0.3, -0.25) is 0 Å². The first-order chi connectivity index (χ1) is 13.9. The topological polar surface area (TPSA) is 97.9 Å². The van der Waals surface area contributed by atoms with Crippen molar-refractivity contribution < 1.29 is 9.18 Å². The predicted molar refractivity (Wildman–Crippen MR) is 112 cm³/mol. The number of anilines is 3. The largest absolute Gasteiger partial charge is 0.382 e. The molecule has 0 bridgehead atoms. The molecule has 0 aliphatic rings. The summed E-state index contributed by atoms with van der Waals surface area (Å²) in [4.78, 5) is 16.5. The molecular formula is C21H19FN6O. The van der Waals surface area contributed by atoms with E-state index >= 15 is 0 Å². The fraction of sp³-hybridized carbons (Fsp3) is 0.0952. The molecular weight excluding hydrogens is 371 g/mol. The Morgan fingerprint density at radius 2 is 1.76 bits per heavy atom. The number of fused-ring (bicyclic) bond motifs is 1. The number of hydrogen-bond acceptors (Lipinski definition) is 4. The van der Waals surface area contributed by atoms with Gasteiger partial charge in [0, 0.05) is 24.6 Å². The van der Waals surface area contributed by atoms with Gasteiger partial charge in [-0.15, -0.1) is 0 Å². The highest BCUT2D eigenvalue weighted by atomic mass is 19.1. The lowest BCUT2D eigenvalue weighted by molar-refractivity contribution is 0.262. The molecule has 0 aliphatic heterocycles. The highest BCUT2D eigenvalue weighted by Crippen LogP contribution is 2.31. The van der Waals surface area contributed by atoms with Gasteiger partial charge in [-0.25, -0.2) is 18.9 Å². The summed E-state index contributed by atoms with van der Waals surface area (Å²) >= 11 is 0. The molecule has 0 saturated heterocycles. The maximum absolute atomic E-state index is 13.3. The molecule has 8 heteroatoms. The minimum absolute atomic E-state index is 0.314. The van der Waals surface area contributed by atoms with Crippen molar-refractivity contribution in [3.63, 3.8) is 0 Å². The minimum atomic E-state index is -0.411. The lowest BCUT2D eigenvalue weighted by Gasteiger charge is -2.10. The molecule has 0 unspecified atom stereocenters. The van der Waals surface area contributed by atoms with Crippen molar-refractivity contribution in [2.45, 2.75) is 6.92 Å². The third kappa shape index (κ3) is 3.60. The standard InChI is InChI=1S/C21H19FN6O/c1-12-11-15(7-8-17(12)22)26-21(29)25-14-5-3-13(4-6-14)16-9-10-24-20-18(16)19(23)27-28(20)2/h3-11H,1-2H3,(H2,23,27)(H2,25,26,29). The molecule has 7 nitrogen and oxygen atoms in total. The fourth-order valence-electron chi connectivity index (χ4n) is 3.20. The van der Waals surface area contributed by atoms with Gasteiger partial charge in [0.15, 0.2) is 11.5 Å². The van der Waals surface area contributed by atoms with Crippen LogP contribution in [0, 0.1) is 12.7 Å². The van der Waals surface area contributed by atoms with E-state index < -0.39 is 6.03 Å². The summed E-state index contributed by atoms with van der Waals surface area (Å²) in [5.41, 5.74) is 10.2. The number of urea groups is 1. The Morgan fingerprint density at radius 1 is 1.07 bits per heavy atom. The van der Waals surface area contributed by atoms with Crippen LogP contribution in [0.3, 0.4) is 0 Å². The summed E-state index contributed by atoms with van der Waals surface area (Å²) in [5, 5.41) is 10.5. The van der Waals surface area contributed by atoms with Gasteiger partial charge < -0.3 is 16.4 Å². The number of nitrogens with zero attached hydrogens (tertiary/aromatic N) is 3. The van der Waals surface area contributed by atoms with Gasteiger partial charge >= 0.3 is 6.03 Å². The van der Waals surface area contributed by atoms with Crippen molar-refractivity contribution in [1.29, 1.82) is 0 Å². The number of benzene rings is 2. The third-order valence-electron chi connectivity index (χ3n) is 4.62. The second-order valence-corrected chi connectivity index (χ2v) is 6.69. The number of carbonyl (C=O) groups is 1. The van der Waals surface area contributed by atoms with Crippen molar-refractivity contribution in [1.82, 2.24) is 14.8 Å². The van der Waals surface area contributed by atoms with Gasteiger partial charge in [0.1, 0.15) is 5.82 Å². The molecule has 2 heterocycles. The minimum Gasteiger partial charge on any atom is -0.382 e. The van der Waals surface area contributed by atoms with Crippen LogP contribution in [0.15, 0.2) is 54.7 Å². The first-order valence-corrected chi connectivity index (χ1v) is 8.94. The van der Waals surface area contributed by atoms with Gasteiger partial charge in [-0.2, -0.15) is 5.10 Å². The van der Waals surface area contributed by atoms with E-state index in [1.165, 1.54) is 12.1 Å². The Hall–Kier alpha value is -3.94. The van der Waals surface area contributed by atoms with E-state index in [1.807, 2.05) is 18.2 Å². The van der Waals surface area contributed by atoms with E-state index in [1.54, 1.807) is 43.0 Å². The maximum atomic E-state index is 13.3. The van der Waals surface area contributed by atoms with Crippen LogP contribution in [-0.2, 0) is 7.05 Å². The zero-order chi connectivity index (χ0) is 20.5. The van der Waals surface area contributed by atoms with Crippen LogP contribution in [0.2, 0.25) is 0 Å². The Kier molecular flexibility index (Phi) is 4.59. The molecule has 4 rings (SSSR count). The van der Waals surface area contributed by atoms with E-state index in [2.05, 4.69) is 20.7 Å². The number of pyridine rings is 1. The molecule has 2 aromatic carbocycles. The zero-order valence-electron chi connectivity index (χ0n) is 15.9. The Morgan fingerprint density at radius 3 is 2.48 bits per heavy atom. The van der Waals surface area contributed by atoms with Crippen LogP contribution in [0.4, 0.5) is 26.4 Å². The van der Waals surface area contributed by atoms with Crippen LogP contribution in [-0.4, -0.2) is 20.8 Å². The van der Waals surface area contributed by atoms with Gasteiger partial charge in [0.25, 0.3) is 0 Å². The van der Waals surface area contributed by atoms with Crippen LogP contribution in [0.25, 0.3) is 22.2 Å². The first kappa shape index (κ1) is 18.4. The quantitative estimate of drug-likeness (QED) is 0.485. The molecule has 146 valence electrons. The van der Waals surface area contributed by atoms with Crippen molar-refractivity contribution >= 4 is 34.3 Å². The monoisotopic (exact) mass is 390 g/mol. The molecule has 0 fully saturated rings. The van der Waals surface area contributed by atoms with Gasteiger partial charge in [0.2, 0.25) is 0 Å². The molecule has 2 amide bonds. The average molecular weight is 390 g/mol. The molecule has 2 aromatic heterocycles. The maximum Gasteiger partial charge on any atom is 0.323 e. The first-order valence-electron chi connectivity index (χ1n) is 8.94. The van der Waals surface area contributed by atoms with E-state index in [0.29, 0.717) is 28.4 Å². The van der Waals surface area contributed by atoms with Crippen molar-refractivity contribution in [3.8, 4) is 11.1 Å². The van der Waals surface area contributed by atoms with Crippen LogP contribution in [0.5, 0.6) is 0 Å². The van der Waals surface area contributed by atoms with Gasteiger partial charge in [-0.05, 0) is 60.0 Å². The fourth-order valence-corrected chi connectivity index (χ4v) is 3.20. The lowest BCUT2D eigenvalue weighted by Crippen LogP contribution is -2.19. The number of nitrogens with one attached hydrogen (secondary N) is 2. The van der Waals surface area contributed by atoms with Gasteiger partial charge in [0.05, 0.1) is 5.39 Å². The number of halogens is 1. The number of aromatic nitrogens is 3. The van der Waals surface area contributed by atoms with E-state index in [-0.39, 0.29) is 5.82 Å². The highest BCUT2D eigenvalue weighted by molar-refractivity contribution is 6.01. The summed E-state index contributed by atoms with van der Waals surface area (Å²) in [6.07, 6.45) is 1.71. The molecule has 4 N–H and O–H groups in total. The number of nitrogens with two attached hydrogens (primary N) is 1. The zero-order valence-corrected chi connectivity index (χ0v) is 15.9. The molecule has 4 aromatic rings. The van der Waals surface area contributed by atoms with Crippen LogP contribution >= 0.6 is 0 Å². The number of rotatable bonds is 3. The number of carbonyl (C=O) groups excluding carboxylic acids is 1. The number of aryl methyl sites for hydroxylation is 2. The highest BCUT2D eigenvalue weighted by Gasteiger charge is 2.13. The van der Waals surface area contributed by atoms with E-state index in [9.17, 15) is 9.18 Å². The SMILES string of the molecule is Cc1cc(NC(=O)Nc2ccc(-c3ccnc4c3c(N)nn4C)cc2)ccc1F. The van der Waals surface area contributed by atoms with E-state index in [4.69, 9.17) is 5.73 Å². The molecule has 0 spiro atoms. The summed E-state index contributed by atoms with van der Waals surface area (Å²) in [7, 11) is 1.80. The van der Waals surface area contributed by atoms with Gasteiger partial charge in [-0.1, -0.05) is 12.1 Å². The van der Waals surface area contributed by atoms with Crippen LogP contribution in [0.1, 0.15) is 5.56 Å². The Bertz CT molecular complexity index is 1220. The van der Waals surface area contributed by atoms with Crippen LogP contribution < -0.4 is 16.4 Å². The molecule has 29 heavy (non-hydrogen) atoms. The second kappa shape index (κ2) is 7.23. The summed E-state index contributed by atoms with van der Waals surface area (Å²) in [5.74, 6) is 0.104. The number of nitrogen functional groups attached to an aromatic ring is 1. The molecule has 0 atom stereocenters. The molecule has 0 saturated carbocycles. The normalized spacial score (nSPS) is 10.9. The summed E-state index contributed by atoms with van der Waals surface area (Å²) in [6.45, 7) is 1.64. The van der Waals surface area contributed by atoms with Crippen molar-refractivity contribution in [3.05, 3.63) is 66.1 Å². The van der Waals surface area contributed by atoms with Crippen molar-refractivity contribution in [2.75, 3.05) is 16.4 Å². The van der Waals surface area contributed by atoms with Crippen molar-refractivity contribution in [2.24, 2.45) is 7.05 Å². The summed E-state index contributed by atoms with van der Waals surface area (Å²) < 4.78 is 15.0. The lowest BCUT2D eigenvalue weighted by atomic mass is 10.0.